The van der Waals surface area contributed by atoms with Crippen LogP contribution in [0.25, 0.3) is 0 Å². The number of amides is 1. The molecule has 0 rings (SSSR count). The molecule has 4 nitrogen and oxygen atoms in total. The van der Waals surface area contributed by atoms with Crippen LogP contribution in [-0.2, 0) is 4.74 Å². The van der Waals surface area contributed by atoms with E-state index in [2.05, 4.69) is 19.2 Å². The molecule has 0 saturated heterocycles. The Kier molecular flexibility index (Phi) is 8.30. The topological polar surface area (TPSA) is 41.6 Å². The van der Waals surface area contributed by atoms with Gasteiger partial charge >= 0.3 is 6.09 Å². The van der Waals surface area contributed by atoms with Crippen molar-refractivity contribution in [3.05, 3.63) is 0 Å². The third-order valence-electron chi connectivity index (χ3n) is 3.32. The second-order valence-corrected chi connectivity index (χ2v) is 7.65. The highest BCUT2D eigenvalue weighted by Crippen LogP contribution is 2.18. The Morgan fingerprint density at radius 1 is 1.14 bits per heavy atom. The largest absolute Gasteiger partial charge is 0.444 e. The van der Waals surface area contributed by atoms with Crippen molar-refractivity contribution in [2.24, 2.45) is 0 Å². The lowest BCUT2D eigenvalue weighted by Gasteiger charge is -2.37. The molecule has 0 aliphatic heterocycles. The Morgan fingerprint density at radius 2 is 1.71 bits per heavy atom. The molecule has 0 aliphatic carbocycles. The highest BCUT2D eigenvalue weighted by Gasteiger charge is 2.30. The lowest BCUT2D eigenvalue weighted by molar-refractivity contribution is 0.00644. The number of carbonyl (C=O) groups is 1. The van der Waals surface area contributed by atoms with E-state index in [1.54, 1.807) is 0 Å². The normalized spacial score (nSPS) is 13.9. The standard InChI is InChI=1S/C17H36N2O2/c1-9-11-14(10-2)18-12-13-19(16(3,4)5)15(20)21-17(6,7)8/h14,18H,9-13H2,1-8H3. The summed E-state index contributed by atoms with van der Waals surface area (Å²) in [6.07, 6.45) is 3.25. The van der Waals surface area contributed by atoms with E-state index in [9.17, 15) is 4.79 Å². The van der Waals surface area contributed by atoms with Crippen molar-refractivity contribution in [2.45, 2.75) is 91.8 Å². The Labute approximate surface area is 131 Å². The number of carbonyl (C=O) groups excluding carboxylic acids is 1. The number of ether oxygens (including phenoxy) is 1. The van der Waals surface area contributed by atoms with Crippen molar-refractivity contribution < 1.29 is 9.53 Å². The first-order valence-corrected chi connectivity index (χ1v) is 8.25. The predicted molar refractivity (Wildman–Crippen MR) is 89.7 cm³/mol. The van der Waals surface area contributed by atoms with Crippen molar-refractivity contribution >= 4 is 6.09 Å². The first-order valence-electron chi connectivity index (χ1n) is 8.25. The average molecular weight is 300 g/mol. The number of hydrogen-bond donors (Lipinski definition) is 1. The van der Waals surface area contributed by atoms with Gasteiger partial charge in [0.25, 0.3) is 0 Å². The average Bonchev–Trinajstić information content (AvgIpc) is 2.28. The third kappa shape index (κ3) is 8.97. The van der Waals surface area contributed by atoms with Crippen molar-refractivity contribution in [1.82, 2.24) is 10.2 Å². The molecule has 0 aromatic carbocycles. The van der Waals surface area contributed by atoms with Gasteiger partial charge in [-0.25, -0.2) is 4.79 Å². The molecule has 0 aromatic rings. The van der Waals surface area contributed by atoms with Gasteiger partial charge in [0.2, 0.25) is 0 Å². The summed E-state index contributed by atoms with van der Waals surface area (Å²) in [5.41, 5.74) is -0.696. The van der Waals surface area contributed by atoms with Crippen LogP contribution in [0.5, 0.6) is 0 Å². The summed E-state index contributed by atoms with van der Waals surface area (Å²) in [6.45, 7) is 17.7. The van der Waals surface area contributed by atoms with Crippen LogP contribution in [0.2, 0.25) is 0 Å². The van der Waals surface area contributed by atoms with E-state index in [1.807, 2.05) is 46.4 Å². The first-order chi connectivity index (χ1) is 9.51. The molecular weight excluding hydrogens is 264 g/mol. The Balaban J connectivity index is 4.55. The van der Waals surface area contributed by atoms with Crippen LogP contribution in [0, 0.1) is 0 Å². The van der Waals surface area contributed by atoms with Gasteiger partial charge < -0.3 is 15.0 Å². The highest BCUT2D eigenvalue weighted by atomic mass is 16.6. The zero-order valence-electron chi connectivity index (χ0n) is 15.4. The minimum Gasteiger partial charge on any atom is -0.444 e. The van der Waals surface area contributed by atoms with Gasteiger partial charge in [-0.05, 0) is 54.4 Å². The maximum absolute atomic E-state index is 12.4. The van der Waals surface area contributed by atoms with E-state index in [-0.39, 0.29) is 11.6 Å². The molecule has 1 amide bonds. The van der Waals surface area contributed by atoms with Gasteiger partial charge in [0, 0.05) is 24.7 Å². The molecule has 4 heteroatoms. The number of rotatable bonds is 7. The fourth-order valence-corrected chi connectivity index (χ4v) is 2.20. The molecule has 1 N–H and O–H groups in total. The third-order valence-corrected chi connectivity index (χ3v) is 3.32. The highest BCUT2D eigenvalue weighted by molar-refractivity contribution is 5.69. The smallest absolute Gasteiger partial charge is 0.410 e. The summed E-state index contributed by atoms with van der Waals surface area (Å²) in [4.78, 5) is 14.2. The van der Waals surface area contributed by atoms with Crippen molar-refractivity contribution in [3.8, 4) is 0 Å². The Morgan fingerprint density at radius 3 is 2.10 bits per heavy atom. The van der Waals surface area contributed by atoms with Crippen LogP contribution in [0.1, 0.15) is 74.7 Å². The van der Waals surface area contributed by atoms with E-state index in [1.165, 1.54) is 12.8 Å². The lowest BCUT2D eigenvalue weighted by Crippen LogP contribution is -2.51. The lowest BCUT2D eigenvalue weighted by atomic mass is 10.1. The second kappa shape index (κ2) is 8.62. The maximum Gasteiger partial charge on any atom is 0.410 e. The quantitative estimate of drug-likeness (QED) is 0.766. The van der Waals surface area contributed by atoms with Gasteiger partial charge in [0.15, 0.2) is 0 Å². The molecule has 0 bridgehead atoms. The molecule has 0 fully saturated rings. The molecule has 126 valence electrons. The molecule has 0 spiro atoms. The first kappa shape index (κ1) is 20.2. The van der Waals surface area contributed by atoms with Crippen molar-refractivity contribution in [1.29, 1.82) is 0 Å². The molecular formula is C17H36N2O2. The van der Waals surface area contributed by atoms with Gasteiger partial charge in [0.1, 0.15) is 5.60 Å². The van der Waals surface area contributed by atoms with Gasteiger partial charge in [-0.15, -0.1) is 0 Å². The summed E-state index contributed by atoms with van der Waals surface area (Å²) in [6, 6.07) is 0.537. The fourth-order valence-electron chi connectivity index (χ4n) is 2.20. The van der Waals surface area contributed by atoms with Gasteiger partial charge in [-0.2, -0.15) is 0 Å². The monoisotopic (exact) mass is 300 g/mol. The molecule has 0 heterocycles. The summed E-state index contributed by atoms with van der Waals surface area (Å²) < 4.78 is 5.52. The van der Waals surface area contributed by atoms with Crippen molar-refractivity contribution in [3.63, 3.8) is 0 Å². The van der Waals surface area contributed by atoms with Gasteiger partial charge in [-0.1, -0.05) is 20.3 Å². The molecule has 1 atom stereocenters. The minimum absolute atomic E-state index is 0.236. The van der Waals surface area contributed by atoms with Crippen LogP contribution in [0.3, 0.4) is 0 Å². The zero-order valence-corrected chi connectivity index (χ0v) is 15.4. The molecule has 0 radical (unpaired) electrons. The summed E-state index contributed by atoms with van der Waals surface area (Å²) in [5, 5.41) is 3.54. The second-order valence-electron chi connectivity index (χ2n) is 7.65. The molecule has 21 heavy (non-hydrogen) atoms. The zero-order chi connectivity index (χ0) is 16.7. The summed E-state index contributed by atoms with van der Waals surface area (Å²) >= 11 is 0. The minimum atomic E-state index is -0.456. The van der Waals surface area contributed by atoms with Crippen LogP contribution in [0.4, 0.5) is 4.79 Å². The molecule has 0 aliphatic rings. The van der Waals surface area contributed by atoms with E-state index in [0.29, 0.717) is 12.6 Å². The maximum atomic E-state index is 12.4. The number of hydrogen-bond acceptors (Lipinski definition) is 3. The van der Waals surface area contributed by atoms with E-state index >= 15 is 0 Å². The number of nitrogens with zero attached hydrogens (tertiary/aromatic N) is 1. The van der Waals surface area contributed by atoms with E-state index < -0.39 is 5.60 Å². The Bertz CT molecular complexity index is 303. The Hall–Kier alpha value is -0.770. The van der Waals surface area contributed by atoms with Crippen LogP contribution in [-0.4, -0.2) is 41.3 Å². The van der Waals surface area contributed by atoms with Crippen LogP contribution in [0.15, 0.2) is 0 Å². The van der Waals surface area contributed by atoms with E-state index in [4.69, 9.17) is 4.74 Å². The molecule has 0 aromatic heterocycles. The van der Waals surface area contributed by atoms with Gasteiger partial charge in [-0.3, -0.25) is 0 Å². The summed E-state index contributed by atoms with van der Waals surface area (Å²) in [7, 11) is 0. The van der Waals surface area contributed by atoms with Gasteiger partial charge in [0.05, 0.1) is 0 Å². The van der Waals surface area contributed by atoms with Crippen LogP contribution >= 0.6 is 0 Å². The molecule has 0 saturated carbocycles. The molecule has 1 unspecified atom stereocenters. The van der Waals surface area contributed by atoms with E-state index in [0.717, 1.165) is 13.0 Å². The van der Waals surface area contributed by atoms with Crippen molar-refractivity contribution in [2.75, 3.05) is 13.1 Å². The SMILES string of the molecule is CCCC(CC)NCCN(C(=O)OC(C)(C)C)C(C)(C)C. The predicted octanol–water partition coefficient (Wildman–Crippen LogP) is 4.19. The fraction of sp³-hybridized carbons (Fsp3) is 0.941. The summed E-state index contributed by atoms with van der Waals surface area (Å²) in [5.74, 6) is 0. The number of nitrogens with one attached hydrogen (secondary N) is 1. The van der Waals surface area contributed by atoms with Crippen LogP contribution < -0.4 is 5.32 Å².